The van der Waals surface area contributed by atoms with Gasteiger partial charge in [0.2, 0.25) is 0 Å². The lowest BCUT2D eigenvalue weighted by Crippen LogP contribution is -2.44. The quantitative estimate of drug-likeness (QED) is 0.253. The van der Waals surface area contributed by atoms with Crippen molar-refractivity contribution in [2.24, 2.45) is 5.92 Å². The first-order chi connectivity index (χ1) is 20.4. The van der Waals surface area contributed by atoms with Crippen LogP contribution in [-0.2, 0) is 21.7 Å². The maximum atomic E-state index is 14.8. The number of hydrogen-bond acceptors (Lipinski definition) is 7. The molecular weight excluding hydrogens is 645 g/mol. The number of alkyl halides is 5. The van der Waals surface area contributed by atoms with E-state index in [1.165, 1.54) is 36.9 Å². The molecule has 0 bridgehead atoms. The summed E-state index contributed by atoms with van der Waals surface area (Å²) in [6, 6.07) is 5.91. The van der Waals surface area contributed by atoms with Gasteiger partial charge in [-0.2, -0.15) is 18.4 Å². The van der Waals surface area contributed by atoms with E-state index >= 15 is 0 Å². The van der Waals surface area contributed by atoms with Gasteiger partial charge in [0.15, 0.2) is 10.8 Å². The number of ether oxygens (including phenoxy) is 1. The van der Waals surface area contributed by atoms with E-state index in [1.54, 1.807) is 0 Å². The highest BCUT2D eigenvalue weighted by Gasteiger charge is 2.51. The maximum Gasteiger partial charge on any atom is 0.419 e. The summed E-state index contributed by atoms with van der Waals surface area (Å²) in [5, 5.41) is 17.8. The number of carbonyl (C=O) groups is 2. The van der Waals surface area contributed by atoms with Crippen LogP contribution in [-0.4, -0.2) is 63.8 Å². The number of hydrogen-bond donors (Lipinski definition) is 1. The molecule has 0 atom stereocenters. The van der Waals surface area contributed by atoms with Crippen LogP contribution in [0, 0.1) is 17.2 Å². The zero-order chi connectivity index (χ0) is 32.6. The van der Waals surface area contributed by atoms with Crippen molar-refractivity contribution in [3.8, 4) is 11.8 Å². The van der Waals surface area contributed by atoms with Crippen molar-refractivity contribution in [2.45, 2.75) is 57.7 Å². The van der Waals surface area contributed by atoms with Gasteiger partial charge in [-0.05, 0) is 88.6 Å². The van der Waals surface area contributed by atoms with Crippen LogP contribution < -0.4 is 14.5 Å². The lowest BCUT2D eigenvalue weighted by atomic mass is 9.94. The molecule has 2 aromatic rings. The number of likely N-dealkylation sites (tertiary alicyclic amines) is 1. The fourth-order valence-electron chi connectivity index (χ4n) is 5.42. The molecule has 45 heavy (non-hydrogen) atoms. The number of amides is 1. The Morgan fingerprint density at radius 2 is 1.78 bits per heavy atom. The molecule has 2 fully saturated rings. The number of carboxylic acid groups (broad SMARTS) is 1. The molecule has 2 saturated heterocycles. The second-order valence-corrected chi connectivity index (χ2v) is 11.7. The number of pyridine rings is 1. The number of benzene rings is 1. The van der Waals surface area contributed by atoms with Crippen LogP contribution in [0.2, 0.25) is 0 Å². The molecule has 0 spiro atoms. The van der Waals surface area contributed by atoms with E-state index in [-0.39, 0.29) is 53.7 Å². The number of carbonyl (C=O) groups excluding carboxylic acids is 1. The Balaban J connectivity index is 0.00000552. The molecule has 1 aromatic heterocycles. The molecular formula is C29H31ClF5N5O4S. The van der Waals surface area contributed by atoms with E-state index in [1.807, 2.05) is 4.90 Å². The summed E-state index contributed by atoms with van der Waals surface area (Å²) < 4.78 is 76.2. The van der Waals surface area contributed by atoms with E-state index in [0.717, 1.165) is 30.0 Å². The van der Waals surface area contributed by atoms with Crippen molar-refractivity contribution in [3.05, 3.63) is 47.3 Å². The van der Waals surface area contributed by atoms with Crippen molar-refractivity contribution in [1.82, 2.24) is 9.88 Å². The molecule has 4 rings (SSSR count). The molecule has 1 amide bonds. The predicted octanol–water partition coefficient (Wildman–Crippen LogP) is 5.99. The van der Waals surface area contributed by atoms with Crippen LogP contribution in [0.15, 0.2) is 30.5 Å². The Kier molecular flexibility index (Phi) is 10.7. The number of halogens is 6. The molecule has 1 N–H and O–H groups in total. The highest BCUT2D eigenvalue weighted by atomic mass is 35.5. The Morgan fingerprint density at radius 3 is 2.33 bits per heavy atom. The number of thiocarbonyl (C=S) groups is 1. The topological polar surface area (TPSA) is 110 Å². The third kappa shape index (κ3) is 7.62. The SMILES string of the molecule is CC(F)(F)c1cc(N2C(=S)N(c3cnc(C#N)c(C(F)(F)F)c3)C(=O)C2(C)C)ccc1OCCC1CCN(CC(=O)O)CC1.Cl. The summed E-state index contributed by atoms with van der Waals surface area (Å²) in [5.74, 6) is -4.79. The summed E-state index contributed by atoms with van der Waals surface area (Å²) in [7, 11) is 0. The number of aromatic nitrogens is 1. The highest BCUT2D eigenvalue weighted by Crippen LogP contribution is 2.42. The first-order valence-electron chi connectivity index (χ1n) is 13.7. The third-order valence-corrected chi connectivity index (χ3v) is 8.12. The number of carboxylic acids is 1. The van der Waals surface area contributed by atoms with E-state index < -0.39 is 46.3 Å². The van der Waals surface area contributed by atoms with E-state index in [9.17, 15) is 31.5 Å². The maximum absolute atomic E-state index is 14.8. The number of nitrogens with zero attached hydrogens (tertiary/aromatic N) is 5. The van der Waals surface area contributed by atoms with Gasteiger partial charge < -0.3 is 14.7 Å². The zero-order valence-electron chi connectivity index (χ0n) is 24.5. The third-order valence-electron chi connectivity index (χ3n) is 7.75. The van der Waals surface area contributed by atoms with Gasteiger partial charge in [0.05, 0.1) is 36.2 Å². The van der Waals surface area contributed by atoms with Crippen LogP contribution in [0.3, 0.4) is 0 Å². The Hall–Kier alpha value is -3.61. The molecule has 0 saturated carbocycles. The standard InChI is InChI=1S/C29H30F5N5O4S.ClH/c1-27(2)25(42)38(19-13-20(29(32,33)34)22(14-35)36-15-19)26(44)39(27)18-4-5-23(21(12-18)28(3,30)31)43-11-8-17-6-9-37(10-7-17)16-24(40)41;/h4-5,12-13,15,17H,6-11,16H2,1-3H3,(H,40,41);1H. The van der Waals surface area contributed by atoms with Crippen LogP contribution in [0.5, 0.6) is 5.75 Å². The normalized spacial score (nSPS) is 17.7. The molecule has 2 aliphatic heterocycles. The van der Waals surface area contributed by atoms with Crippen LogP contribution in [0.1, 0.15) is 56.9 Å². The number of anilines is 2. The second kappa shape index (κ2) is 13.4. The molecule has 244 valence electrons. The monoisotopic (exact) mass is 675 g/mol. The van der Waals surface area contributed by atoms with Crippen molar-refractivity contribution in [1.29, 1.82) is 5.26 Å². The Bertz CT molecular complexity index is 1500. The van der Waals surface area contributed by atoms with Gasteiger partial charge in [0.25, 0.3) is 11.8 Å². The highest BCUT2D eigenvalue weighted by molar-refractivity contribution is 7.81. The summed E-state index contributed by atoms with van der Waals surface area (Å²) in [4.78, 5) is 31.9. The molecule has 3 heterocycles. The average Bonchev–Trinajstić information content (AvgIpc) is 3.11. The van der Waals surface area contributed by atoms with Crippen LogP contribution in [0.25, 0.3) is 0 Å². The van der Waals surface area contributed by atoms with E-state index in [2.05, 4.69) is 4.98 Å². The molecule has 16 heteroatoms. The van der Waals surface area contributed by atoms with Crippen molar-refractivity contribution < 1.29 is 41.4 Å². The zero-order valence-corrected chi connectivity index (χ0v) is 26.2. The lowest BCUT2D eigenvalue weighted by molar-refractivity contribution is -0.139. The van der Waals surface area contributed by atoms with Gasteiger partial charge in [-0.25, -0.2) is 13.8 Å². The van der Waals surface area contributed by atoms with Gasteiger partial charge in [-0.3, -0.25) is 19.4 Å². The van der Waals surface area contributed by atoms with Crippen LogP contribution >= 0.6 is 24.6 Å². The molecule has 1 aromatic carbocycles. The van der Waals surface area contributed by atoms with Gasteiger partial charge >= 0.3 is 12.1 Å². The van der Waals surface area contributed by atoms with Crippen molar-refractivity contribution >= 4 is 53.0 Å². The van der Waals surface area contributed by atoms with Gasteiger partial charge in [-0.1, -0.05) is 0 Å². The smallest absolute Gasteiger partial charge is 0.419 e. The number of nitriles is 1. The molecule has 0 radical (unpaired) electrons. The van der Waals surface area contributed by atoms with Crippen LogP contribution in [0.4, 0.5) is 33.3 Å². The Morgan fingerprint density at radius 1 is 1.16 bits per heavy atom. The minimum atomic E-state index is -4.93. The molecule has 2 aliphatic rings. The summed E-state index contributed by atoms with van der Waals surface area (Å²) in [5.41, 5.74) is -4.38. The van der Waals surface area contributed by atoms with Gasteiger partial charge in [-0.15, -0.1) is 12.4 Å². The van der Waals surface area contributed by atoms with E-state index in [4.69, 9.17) is 27.3 Å². The second-order valence-electron chi connectivity index (χ2n) is 11.3. The minimum Gasteiger partial charge on any atom is -0.493 e. The number of aliphatic carboxylic acids is 1. The fourth-order valence-corrected chi connectivity index (χ4v) is 5.95. The van der Waals surface area contributed by atoms with Gasteiger partial charge in [0.1, 0.15) is 17.4 Å². The largest absolute Gasteiger partial charge is 0.493 e. The minimum absolute atomic E-state index is 0. The summed E-state index contributed by atoms with van der Waals surface area (Å²) in [6.07, 6.45) is -1.89. The number of rotatable bonds is 9. The first-order valence-corrected chi connectivity index (χ1v) is 14.1. The Labute approximate surface area is 268 Å². The average molecular weight is 676 g/mol. The predicted molar refractivity (Wildman–Crippen MR) is 161 cm³/mol. The van der Waals surface area contributed by atoms with Gasteiger partial charge in [0, 0.05) is 12.6 Å². The summed E-state index contributed by atoms with van der Waals surface area (Å²) in [6.45, 7) is 4.99. The molecule has 0 aliphatic carbocycles. The lowest BCUT2D eigenvalue weighted by Gasteiger charge is -2.31. The fraction of sp³-hybridized carbons (Fsp3) is 0.483. The first kappa shape index (κ1) is 35.9. The number of piperidine rings is 1. The van der Waals surface area contributed by atoms with E-state index in [0.29, 0.717) is 32.5 Å². The molecule has 0 unspecified atom stereocenters. The summed E-state index contributed by atoms with van der Waals surface area (Å²) >= 11 is 5.50. The van der Waals surface area contributed by atoms with Crippen molar-refractivity contribution in [3.63, 3.8) is 0 Å². The molecule has 9 nitrogen and oxygen atoms in total. The van der Waals surface area contributed by atoms with Crippen molar-refractivity contribution in [2.75, 3.05) is 36.0 Å².